The molecule has 0 bridgehead atoms. The van der Waals surface area contributed by atoms with E-state index in [0.29, 0.717) is 17.3 Å². The third-order valence-electron chi connectivity index (χ3n) is 2.73. The summed E-state index contributed by atoms with van der Waals surface area (Å²) in [6.45, 7) is 6.65. The van der Waals surface area contributed by atoms with E-state index in [2.05, 4.69) is 14.7 Å². The van der Waals surface area contributed by atoms with Gasteiger partial charge in [0, 0.05) is 6.54 Å². The van der Waals surface area contributed by atoms with Crippen molar-refractivity contribution >= 4 is 23.1 Å². The summed E-state index contributed by atoms with van der Waals surface area (Å²) in [4.78, 5) is 0.738. The van der Waals surface area contributed by atoms with E-state index < -0.39 is 6.10 Å². The van der Waals surface area contributed by atoms with E-state index in [4.69, 9.17) is 11.6 Å². The van der Waals surface area contributed by atoms with Gasteiger partial charge in [0.15, 0.2) is 0 Å². The Morgan fingerprint density at radius 1 is 1.50 bits per heavy atom. The Balaban J connectivity index is 2.44. The molecule has 0 aliphatic heterocycles. The first-order valence-corrected chi connectivity index (χ1v) is 6.92. The molecule has 2 aromatic rings. The Morgan fingerprint density at radius 2 is 2.22 bits per heavy atom. The van der Waals surface area contributed by atoms with Gasteiger partial charge in [-0.05, 0) is 24.4 Å². The molecule has 0 amide bonds. The molecule has 0 saturated heterocycles. The highest BCUT2D eigenvalue weighted by atomic mass is 35.5. The normalized spacial score (nSPS) is 13.2. The number of hydrogen-bond acceptors (Lipinski definition) is 5. The Kier molecular flexibility index (Phi) is 3.99. The first-order chi connectivity index (χ1) is 8.56. The van der Waals surface area contributed by atoms with Crippen LogP contribution in [-0.4, -0.2) is 24.5 Å². The van der Waals surface area contributed by atoms with Crippen molar-refractivity contribution in [3.63, 3.8) is 0 Å². The predicted octanol–water partition coefficient (Wildman–Crippen LogP) is 2.61. The molecule has 1 atom stereocenters. The highest BCUT2D eigenvalue weighted by Gasteiger charge is 2.25. The van der Waals surface area contributed by atoms with Gasteiger partial charge in [0.1, 0.15) is 6.10 Å². The molecule has 2 heterocycles. The van der Waals surface area contributed by atoms with Gasteiger partial charge in [-0.15, -0.1) is 5.10 Å². The SMILES string of the molecule is CCn1ncc(Cl)c1C(O)c1snnc1C(C)C. The van der Waals surface area contributed by atoms with E-state index in [9.17, 15) is 5.11 Å². The third-order valence-corrected chi connectivity index (χ3v) is 3.81. The van der Waals surface area contributed by atoms with E-state index in [1.165, 1.54) is 11.5 Å². The van der Waals surface area contributed by atoms with Crippen molar-refractivity contribution in [2.75, 3.05) is 0 Å². The van der Waals surface area contributed by atoms with Crippen molar-refractivity contribution in [2.45, 2.75) is 39.3 Å². The van der Waals surface area contributed by atoms with Crippen LogP contribution in [0.5, 0.6) is 0 Å². The average Bonchev–Trinajstić information content (AvgIpc) is 2.94. The fourth-order valence-electron chi connectivity index (χ4n) is 1.81. The molecule has 1 N–H and O–H groups in total. The molecule has 0 aromatic carbocycles. The van der Waals surface area contributed by atoms with Crippen molar-refractivity contribution < 1.29 is 5.11 Å². The van der Waals surface area contributed by atoms with Crippen LogP contribution in [0.4, 0.5) is 0 Å². The second-order valence-corrected chi connectivity index (χ2v) is 5.47. The molecular weight excluding hydrogens is 272 g/mol. The summed E-state index contributed by atoms with van der Waals surface area (Å²) >= 11 is 7.29. The monoisotopic (exact) mass is 286 g/mol. The number of hydrogen-bond donors (Lipinski definition) is 1. The molecule has 2 rings (SSSR count). The fraction of sp³-hybridized carbons (Fsp3) is 0.545. The number of halogens is 1. The zero-order valence-electron chi connectivity index (χ0n) is 10.5. The zero-order valence-corrected chi connectivity index (χ0v) is 12.0. The molecule has 0 spiro atoms. The summed E-state index contributed by atoms with van der Waals surface area (Å²) < 4.78 is 5.61. The maximum absolute atomic E-state index is 10.5. The number of rotatable bonds is 4. The molecule has 7 heteroatoms. The summed E-state index contributed by atoms with van der Waals surface area (Å²) in [6.07, 6.45) is 0.727. The highest BCUT2D eigenvalue weighted by Crippen LogP contribution is 2.33. The van der Waals surface area contributed by atoms with Crippen LogP contribution < -0.4 is 0 Å². The minimum Gasteiger partial charge on any atom is -0.381 e. The van der Waals surface area contributed by atoms with Gasteiger partial charge in [0.05, 0.1) is 27.5 Å². The van der Waals surface area contributed by atoms with Gasteiger partial charge >= 0.3 is 0 Å². The molecule has 5 nitrogen and oxygen atoms in total. The lowest BCUT2D eigenvalue weighted by Crippen LogP contribution is -2.10. The second-order valence-electron chi connectivity index (χ2n) is 4.27. The quantitative estimate of drug-likeness (QED) is 0.938. The van der Waals surface area contributed by atoms with Crippen molar-refractivity contribution in [2.24, 2.45) is 0 Å². The Hall–Kier alpha value is -0.980. The summed E-state index contributed by atoms with van der Waals surface area (Å²) in [5.41, 5.74) is 1.42. The predicted molar refractivity (Wildman–Crippen MR) is 71.0 cm³/mol. The number of aryl methyl sites for hydroxylation is 1. The molecule has 18 heavy (non-hydrogen) atoms. The van der Waals surface area contributed by atoms with Crippen molar-refractivity contribution in [3.8, 4) is 0 Å². The molecular formula is C11H15ClN4OS. The van der Waals surface area contributed by atoms with Crippen LogP contribution in [0.2, 0.25) is 5.02 Å². The van der Waals surface area contributed by atoms with Gasteiger partial charge in [-0.2, -0.15) is 5.10 Å². The van der Waals surface area contributed by atoms with Gasteiger partial charge in [-0.3, -0.25) is 4.68 Å². The molecule has 98 valence electrons. The molecule has 0 saturated carbocycles. The lowest BCUT2D eigenvalue weighted by atomic mass is 10.1. The molecule has 2 aromatic heterocycles. The summed E-state index contributed by atoms with van der Waals surface area (Å²) in [7, 11) is 0. The number of aliphatic hydroxyl groups excluding tert-OH is 1. The van der Waals surface area contributed by atoms with Crippen LogP contribution in [0.3, 0.4) is 0 Å². The Morgan fingerprint density at radius 3 is 2.83 bits per heavy atom. The Bertz CT molecular complexity index is 537. The van der Waals surface area contributed by atoms with Crippen LogP contribution in [0.25, 0.3) is 0 Å². The largest absolute Gasteiger partial charge is 0.381 e. The van der Waals surface area contributed by atoms with Crippen LogP contribution in [0.15, 0.2) is 6.20 Å². The zero-order chi connectivity index (χ0) is 13.3. The topological polar surface area (TPSA) is 63.8 Å². The number of aromatic nitrogens is 4. The van der Waals surface area contributed by atoms with Gasteiger partial charge < -0.3 is 5.11 Å². The summed E-state index contributed by atoms with van der Waals surface area (Å²) in [5.74, 6) is 0.213. The standard InChI is InChI=1S/C11H15ClN4OS/c1-4-16-9(7(12)5-13-16)10(17)11-8(6(2)3)14-15-18-11/h5-6,10,17H,4H2,1-3H3. The van der Waals surface area contributed by atoms with Gasteiger partial charge in [-0.1, -0.05) is 29.9 Å². The fourth-order valence-corrected chi connectivity index (χ4v) is 2.86. The number of aliphatic hydroxyl groups is 1. The minimum absolute atomic E-state index is 0.213. The average molecular weight is 287 g/mol. The van der Waals surface area contributed by atoms with E-state index >= 15 is 0 Å². The maximum Gasteiger partial charge on any atom is 0.135 e. The van der Waals surface area contributed by atoms with Crippen LogP contribution >= 0.6 is 23.1 Å². The summed E-state index contributed by atoms with van der Waals surface area (Å²) in [6, 6.07) is 0. The van der Waals surface area contributed by atoms with E-state index in [1.807, 2.05) is 20.8 Å². The van der Waals surface area contributed by atoms with Crippen molar-refractivity contribution in [1.29, 1.82) is 0 Å². The maximum atomic E-state index is 10.5. The molecule has 0 aliphatic rings. The van der Waals surface area contributed by atoms with Crippen molar-refractivity contribution in [1.82, 2.24) is 19.4 Å². The van der Waals surface area contributed by atoms with Crippen LogP contribution in [-0.2, 0) is 6.54 Å². The Labute approximate surface area is 115 Å². The molecule has 1 unspecified atom stereocenters. The lowest BCUT2D eigenvalue weighted by Gasteiger charge is -2.13. The molecule has 0 fully saturated rings. The van der Waals surface area contributed by atoms with Gasteiger partial charge in [-0.25, -0.2) is 0 Å². The first-order valence-electron chi connectivity index (χ1n) is 5.77. The summed E-state index contributed by atoms with van der Waals surface area (Å²) in [5, 5.41) is 19.1. The van der Waals surface area contributed by atoms with E-state index in [1.54, 1.807) is 10.9 Å². The molecule has 0 radical (unpaired) electrons. The van der Waals surface area contributed by atoms with Gasteiger partial charge in [0.25, 0.3) is 0 Å². The lowest BCUT2D eigenvalue weighted by molar-refractivity contribution is 0.210. The highest BCUT2D eigenvalue weighted by molar-refractivity contribution is 7.05. The van der Waals surface area contributed by atoms with E-state index in [-0.39, 0.29) is 5.92 Å². The van der Waals surface area contributed by atoms with E-state index in [0.717, 1.165) is 10.6 Å². The van der Waals surface area contributed by atoms with Crippen LogP contribution in [0.1, 0.15) is 49.1 Å². The van der Waals surface area contributed by atoms with Crippen LogP contribution in [0, 0.1) is 0 Å². The first kappa shape index (κ1) is 13.5. The third kappa shape index (κ3) is 2.28. The molecule has 0 aliphatic carbocycles. The second kappa shape index (κ2) is 5.34. The van der Waals surface area contributed by atoms with Gasteiger partial charge in [0.2, 0.25) is 0 Å². The minimum atomic E-state index is -0.822. The smallest absolute Gasteiger partial charge is 0.135 e. The van der Waals surface area contributed by atoms with Crippen molar-refractivity contribution in [3.05, 3.63) is 27.5 Å². The number of nitrogens with zero attached hydrogens (tertiary/aromatic N) is 4.